The number of rotatable bonds is 2. The van der Waals surface area contributed by atoms with Crippen LogP contribution >= 0.6 is 13.5 Å². The summed E-state index contributed by atoms with van der Waals surface area (Å²) >= 11 is 10.0. The van der Waals surface area contributed by atoms with E-state index in [-0.39, 0.29) is 17.0 Å². The number of aromatic nitrogens is 6. The van der Waals surface area contributed by atoms with Crippen LogP contribution < -0.4 is 17.0 Å². The van der Waals surface area contributed by atoms with Crippen molar-refractivity contribution < 1.29 is 45.8 Å². The molecule has 3 aromatic heterocycles. The van der Waals surface area contributed by atoms with Crippen LogP contribution in [0, 0.1) is 0 Å². The van der Waals surface area contributed by atoms with E-state index in [4.69, 9.17) is 57.4 Å². The average molecular weight is 670 g/mol. The number of fused-ring (bicyclic) bond motifs is 4. The van der Waals surface area contributed by atoms with Crippen molar-refractivity contribution in [3.05, 3.63) is 45.8 Å². The Morgan fingerprint density at radius 2 is 1.79 bits per heavy atom. The van der Waals surface area contributed by atoms with Crippen LogP contribution in [-0.4, -0.2) is 83.9 Å². The van der Waals surface area contributed by atoms with Gasteiger partial charge in [0, 0.05) is 12.3 Å². The highest BCUT2D eigenvalue weighted by molar-refractivity contribution is 8.32. The fourth-order valence-electron chi connectivity index (χ4n) is 4.72. The SMILES string of the molecule is Nc1ncnc2c1ncn2[C@@H]1O[C@@H]2COP(=O)([S-])O[C@@H]3[C@H](F)[C@@H](COP(O)(=S)O[C@H]2[C@H]1F)O[C@H]3n1ccc(=O)[nH]c1=O. The quantitative estimate of drug-likeness (QED) is 0.244. The third kappa shape index (κ3) is 5.59. The molecule has 6 heterocycles. The molecule has 3 aliphatic heterocycles. The highest BCUT2D eigenvalue weighted by atomic mass is 32.7. The summed E-state index contributed by atoms with van der Waals surface area (Å²) in [5.41, 5.74) is 4.36. The van der Waals surface area contributed by atoms with Gasteiger partial charge < -0.3 is 45.9 Å². The maximum absolute atomic E-state index is 15.9. The van der Waals surface area contributed by atoms with Crippen LogP contribution in [0.15, 0.2) is 34.5 Å². The molecule has 42 heavy (non-hydrogen) atoms. The molecule has 0 aliphatic carbocycles. The Morgan fingerprint density at radius 3 is 2.55 bits per heavy atom. The monoisotopic (exact) mass is 670 g/mol. The van der Waals surface area contributed by atoms with Gasteiger partial charge in [0.05, 0.1) is 19.5 Å². The molecule has 4 N–H and O–H groups in total. The number of ether oxygens (including phenoxy) is 2. The number of anilines is 1. The number of aromatic amines is 1. The summed E-state index contributed by atoms with van der Waals surface area (Å²) in [5.74, 6) is 0.0307. The lowest BCUT2D eigenvalue weighted by Gasteiger charge is -2.31. The first-order valence-corrected chi connectivity index (χ1v) is 17.1. The van der Waals surface area contributed by atoms with E-state index in [1.807, 2.05) is 4.98 Å². The number of halogens is 2. The predicted octanol–water partition coefficient (Wildman–Crippen LogP) is 0.119. The fourth-order valence-corrected chi connectivity index (χ4v) is 7.55. The molecule has 0 radical (unpaired) electrons. The molecule has 2 unspecified atom stereocenters. The molecule has 2 bridgehead atoms. The van der Waals surface area contributed by atoms with Crippen LogP contribution in [0.2, 0.25) is 0 Å². The first kappa shape index (κ1) is 29.9. The first-order valence-electron chi connectivity index (χ1n) is 12.0. The third-order valence-corrected chi connectivity index (χ3v) is 9.72. The second-order valence-corrected chi connectivity index (χ2v) is 14.8. The van der Waals surface area contributed by atoms with Gasteiger partial charge in [-0.15, -0.1) is 0 Å². The number of hydrogen-bond acceptors (Lipinski definition) is 15. The van der Waals surface area contributed by atoms with E-state index >= 15 is 8.78 Å². The number of nitrogens with zero attached hydrogens (tertiary/aromatic N) is 5. The highest BCUT2D eigenvalue weighted by Gasteiger charge is 2.53. The Balaban J connectivity index is 1.31. The predicted molar refractivity (Wildman–Crippen MR) is 142 cm³/mol. The van der Waals surface area contributed by atoms with Crippen LogP contribution in [0.4, 0.5) is 14.6 Å². The van der Waals surface area contributed by atoms with Gasteiger partial charge in [-0.05, 0) is 11.8 Å². The lowest BCUT2D eigenvalue weighted by Crippen LogP contribution is -2.37. The number of nitrogens with one attached hydrogen (secondary N) is 1. The average Bonchev–Trinajstić information content (AvgIpc) is 3.57. The molecule has 0 saturated carbocycles. The first-order chi connectivity index (χ1) is 19.8. The minimum atomic E-state index is -4.60. The number of imidazole rings is 1. The van der Waals surface area contributed by atoms with E-state index in [0.717, 1.165) is 23.2 Å². The Morgan fingerprint density at radius 1 is 1.05 bits per heavy atom. The Kier molecular flexibility index (Phi) is 7.89. The second kappa shape index (κ2) is 11.1. The van der Waals surface area contributed by atoms with Crippen LogP contribution in [-0.2, 0) is 56.2 Å². The molecule has 6 rings (SSSR count). The van der Waals surface area contributed by atoms with Crippen molar-refractivity contribution in [2.24, 2.45) is 0 Å². The number of nitrogen functional groups attached to an aromatic ring is 1. The van der Waals surface area contributed by atoms with Gasteiger partial charge in [0.25, 0.3) is 5.56 Å². The van der Waals surface area contributed by atoms with Crippen LogP contribution in [0.1, 0.15) is 12.5 Å². The molecule has 0 aromatic carbocycles. The van der Waals surface area contributed by atoms with Crippen molar-refractivity contribution in [1.29, 1.82) is 0 Å². The fraction of sp³-hybridized carbons (Fsp3) is 0.526. The van der Waals surface area contributed by atoms with Crippen molar-refractivity contribution in [2.45, 2.75) is 49.2 Å². The number of nitrogens with two attached hydrogens (primary N) is 1. The summed E-state index contributed by atoms with van der Waals surface area (Å²) in [4.78, 5) is 48.6. The summed E-state index contributed by atoms with van der Waals surface area (Å²) in [6, 6.07) is 0.966. The van der Waals surface area contributed by atoms with Gasteiger partial charge in [-0.3, -0.25) is 28.0 Å². The third-order valence-electron chi connectivity index (χ3n) is 6.62. The molecule has 228 valence electrons. The molecule has 0 amide bonds. The zero-order chi connectivity index (χ0) is 30.0. The van der Waals surface area contributed by atoms with Gasteiger partial charge >= 0.3 is 12.4 Å². The number of alkyl halides is 2. The van der Waals surface area contributed by atoms with Crippen molar-refractivity contribution in [3.63, 3.8) is 0 Å². The van der Waals surface area contributed by atoms with Crippen LogP contribution in [0.5, 0.6) is 0 Å². The van der Waals surface area contributed by atoms with E-state index in [9.17, 15) is 19.0 Å². The highest BCUT2D eigenvalue weighted by Crippen LogP contribution is 2.55. The lowest BCUT2D eigenvalue weighted by atomic mass is 10.1. The smallest absolute Gasteiger partial charge is 0.330 e. The normalized spacial score (nSPS) is 39.3. The lowest BCUT2D eigenvalue weighted by molar-refractivity contribution is -0.0603. The zero-order valence-corrected chi connectivity index (χ0v) is 24.2. The van der Waals surface area contributed by atoms with E-state index in [1.165, 1.54) is 10.9 Å². The molecule has 3 fully saturated rings. The summed E-state index contributed by atoms with van der Waals surface area (Å²) in [6.07, 6.45) is -10.4. The maximum Gasteiger partial charge on any atom is 0.330 e. The van der Waals surface area contributed by atoms with Crippen LogP contribution in [0.3, 0.4) is 0 Å². The van der Waals surface area contributed by atoms with Gasteiger partial charge in [0.15, 0.2) is 36.3 Å². The van der Waals surface area contributed by atoms with E-state index in [0.29, 0.717) is 0 Å². The molecule has 17 nitrogen and oxygen atoms in total. The molecule has 10 atom stereocenters. The number of hydrogen-bond donors (Lipinski definition) is 3. The van der Waals surface area contributed by atoms with Crippen molar-refractivity contribution in [2.75, 3.05) is 18.9 Å². The minimum Gasteiger partial charge on any atom is -0.660 e. The Hall–Kier alpha value is -2.16. The molecular weight excluding hydrogens is 650 g/mol. The van der Waals surface area contributed by atoms with Gasteiger partial charge in [0.2, 0.25) is 6.80 Å². The van der Waals surface area contributed by atoms with Gasteiger partial charge in [-0.25, -0.2) is 28.5 Å². The second-order valence-electron chi connectivity index (χ2n) is 9.27. The largest absolute Gasteiger partial charge is 0.660 e. The van der Waals surface area contributed by atoms with Gasteiger partial charge in [-0.2, -0.15) is 0 Å². The van der Waals surface area contributed by atoms with Gasteiger partial charge in [-0.1, -0.05) is 0 Å². The minimum absolute atomic E-state index is 0.0307. The Bertz CT molecular complexity index is 1730. The molecule has 3 saturated heterocycles. The van der Waals surface area contributed by atoms with Gasteiger partial charge in [0.1, 0.15) is 36.3 Å². The summed E-state index contributed by atoms with van der Waals surface area (Å²) in [5, 5.41) is 0. The molecule has 23 heteroatoms. The zero-order valence-electron chi connectivity index (χ0n) is 20.7. The number of H-pyrrole nitrogens is 1. The molecule has 3 aliphatic rings. The van der Waals surface area contributed by atoms with E-state index in [1.54, 1.807) is 0 Å². The summed E-state index contributed by atoms with van der Waals surface area (Å²) < 4.78 is 79.3. The van der Waals surface area contributed by atoms with Crippen molar-refractivity contribution in [3.8, 4) is 0 Å². The molecular formula is C19H20F2N7O10P2S2-. The van der Waals surface area contributed by atoms with Crippen LogP contribution in [0.25, 0.3) is 11.2 Å². The van der Waals surface area contributed by atoms with Crippen molar-refractivity contribution >= 4 is 54.6 Å². The van der Waals surface area contributed by atoms with E-state index < -0.39 is 87.2 Å². The molecule has 0 spiro atoms. The Labute approximate surface area is 243 Å². The summed E-state index contributed by atoms with van der Waals surface area (Å²) in [6.45, 7) is -10.4. The van der Waals surface area contributed by atoms with Crippen molar-refractivity contribution in [1.82, 2.24) is 29.1 Å². The topological polar surface area (TPSA) is 217 Å². The summed E-state index contributed by atoms with van der Waals surface area (Å²) in [7, 11) is 0. The standard InChI is InChI=1S/C19H21F2N7O10P2S2/c20-10-7-3-33-39(31,41)37-13-8(36-17(11(13)21)28-6-25-12-15(22)23-5-24-16(12)28)4-34-40(32,42)38-14(10)18(35-7)27-2-1-9(29)26-19(27)30/h1-2,5-8,10-11,13-14,17-18H,3-4H2,(H,31,41)(H,32,42)(H2,22,23,24)(H,26,29,30)/p-1/t7-,8-,10-,11-,13-,14-,17-,18-,39?,40?/m1/s1. The molecule has 3 aromatic rings. The maximum atomic E-state index is 15.9. The van der Waals surface area contributed by atoms with E-state index in [2.05, 4.69) is 15.0 Å².